The van der Waals surface area contributed by atoms with Crippen LogP contribution in [0.15, 0.2) is 30.5 Å². The van der Waals surface area contributed by atoms with Gasteiger partial charge in [-0.3, -0.25) is 4.79 Å². The van der Waals surface area contributed by atoms with Crippen molar-refractivity contribution < 1.29 is 9.90 Å². The Morgan fingerprint density at radius 3 is 3.00 bits per heavy atom. The van der Waals surface area contributed by atoms with Crippen molar-refractivity contribution in [3.63, 3.8) is 0 Å². The molecule has 78 valence electrons. The highest BCUT2D eigenvalue weighted by atomic mass is 16.4. The normalized spacial score (nSPS) is 12.9. The van der Waals surface area contributed by atoms with Gasteiger partial charge in [-0.2, -0.15) is 0 Å². The van der Waals surface area contributed by atoms with Gasteiger partial charge in [0, 0.05) is 23.1 Å². The van der Waals surface area contributed by atoms with Gasteiger partial charge in [-0.25, -0.2) is 0 Å². The topological polar surface area (TPSA) is 79.1 Å². The zero-order valence-corrected chi connectivity index (χ0v) is 8.10. The predicted molar refractivity (Wildman–Crippen MR) is 57.5 cm³/mol. The van der Waals surface area contributed by atoms with E-state index in [1.807, 2.05) is 30.5 Å². The summed E-state index contributed by atoms with van der Waals surface area (Å²) in [6, 6.07) is 7.13. The fourth-order valence-corrected chi connectivity index (χ4v) is 1.73. The maximum absolute atomic E-state index is 10.6. The number of fused-ring (bicyclic) bond motifs is 1. The van der Waals surface area contributed by atoms with E-state index >= 15 is 0 Å². The molecule has 4 nitrogen and oxygen atoms in total. The molecule has 1 aromatic heterocycles. The molecule has 4 N–H and O–H groups in total. The second-order valence-electron chi connectivity index (χ2n) is 3.49. The first-order valence-electron chi connectivity index (χ1n) is 4.72. The van der Waals surface area contributed by atoms with Crippen LogP contribution in [0.25, 0.3) is 10.9 Å². The number of hydrogen-bond donors (Lipinski definition) is 3. The minimum Gasteiger partial charge on any atom is -0.481 e. The molecule has 0 aliphatic heterocycles. The molecule has 1 aromatic carbocycles. The van der Waals surface area contributed by atoms with Crippen LogP contribution < -0.4 is 5.73 Å². The number of H-pyrrole nitrogens is 1. The molecule has 1 heterocycles. The minimum absolute atomic E-state index is 0.0513. The number of carbonyl (C=O) groups is 1. The van der Waals surface area contributed by atoms with Crippen LogP contribution in [0.3, 0.4) is 0 Å². The molecule has 2 aromatic rings. The van der Waals surface area contributed by atoms with Crippen molar-refractivity contribution in [2.24, 2.45) is 5.73 Å². The first-order chi connectivity index (χ1) is 7.18. The van der Waals surface area contributed by atoms with Crippen molar-refractivity contribution in [2.45, 2.75) is 12.5 Å². The van der Waals surface area contributed by atoms with Crippen LogP contribution in [-0.4, -0.2) is 16.1 Å². The van der Waals surface area contributed by atoms with Crippen LogP contribution in [0.1, 0.15) is 18.0 Å². The standard InChI is InChI=1S/C11H12N2O2/c12-9(6-11(14)15)7-2-1-3-10-8(7)4-5-13-10/h1-5,9,13H,6,12H2,(H,14,15)/t9-/m0/s1. The molecule has 4 heteroatoms. The van der Waals surface area contributed by atoms with Gasteiger partial charge in [-0.05, 0) is 17.7 Å². The van der Waals surface area contributed by atoms with Crippen LogP contribution in [-0.2, 0) is 4.79 Å². The number of benzene rings is 1. The number of nitrogens with two attached hydrogens (primary N) is 1. The number of rotatable bonds is 3. The second kappa shape index (κ2) is 3.74. The Hall–Kier alpha value is -1.81. The molecule has 0 aliphatic carbocycles. The van der Waals surface area contributed by atoms with Gasteiger partial charge in [-0.1, -0.05) is 12.1 Å². The van der Waals surface area contributed by atoms with Crippen molar-refractivity contribution >= 4 is 16.9 Å². The monoisotopic (exact) mass is 204 g/mol. The van der Waals surface area contributed by atoms with E-state index in [1.165, 1.54) is 0 Å². The van der Waals surface area contributed by atoms with Crippen molar-refractivity contribution in [2.75, 3.05) is 0 Å². The van der Waals surface area contributed by atoms with E-state index in [0.29, 0.717) is 0 Å². The van der Waals surface area contributed by atoms with Gasteiger partial charge in [0.1, 0.15) is 0 Å². The summed E-state index contributed by atoms with van der Waals surface area (Å²) in [4.78, 5) is 13.6. The summed E-state index contributed by atoms with van der Waals surface area (Å²) in [6.45, 7) is 0. The molecule has 15 heavy (non-hydrogen) atoms. The first-order valence-corrected chi connectivity index (χ1v) is 4.72. The maximum atomic E-state index is 10.6. The van der Waals surface area contributed by atoms with E-state index in [1.54, 1.807) is 0 Å². The third kappa shape index (κ3) is 1.85. The largest absolute Gasteiger partial charge is 0.481 e. The summed E-state index contributed by atoms with van der Waals surface area (Å²) in [5, 5.41) is 9.67. The van der Waals surface area contributed by atoms with Gasteiger partial charge in [0.15, 0.2) is 0 Å². The van der Waals surface area contributed by atoms with Crippen molar-refractivity contribution in [3.8, 4) is 0 Å². The quantitative estimate of drug-likeness (QED) is 0.711. The van der Waals surface area contributed by atoms with E-state index in [-0.39, 0.29) is 6.42 Å². The molecule has 0 fully saturated rings. The fourth-order valence-electron chi connectivity index (χ4n) is 1.73. The molecule has 2 rings (SSSR count). The fraction of sp³-hybridized carbons (Fsp3) is 0.182. The lowest BCUT2D eigenvalue weighted by Crippen LogP contribution is -2.15. The lowest BCUT2D eigenvalue weighted by atomic mass is 10.0. The summed E-state index contributed by atoms with van der Waals surface area (Å²) in [7, 11) is 0. The number of carboxylic acid groups (broad SMARTS) is 1. The van der Waals surface area contributed by atoms with Gasteiger partial charge >= 0.3 is 5.97 Å². The van der Waals surface area contributed by atoms with E-state index in [2.05, 4.69) is 4.98 Å². The van der Waals surface area contributed by atoms with Gasteiger partial charge in [-0.15, -0.1) is 0 Å². The Kier molecular flexibility index (Phi) is 2.43. The molecular weight excluding hydrogens is 192 g/mol. The van der Waals surface area contributed by atoms with Crippen LogP contribution in [0, 0.1) is 0 Å². The Bertz CT molecular complexity index is 490. The minimum atomic E-state index is -0.880. The van der Waals surface area contributed by atoms with Crippen molar-refractivity contribution in [1.82, 2.24) is 4.98 Å². The van der Waals surface area contributed by atoms with E-state index in [9.17, 15) is 4.79 Å². The lowest BCUT2D eigenvalue weighted by molar-refractivity contribution is -0.137. The van der Waals surface area contributed by atoms with E-state index in [4.69, 9.17) is 10.8 Å². The Labute approximate surface area is 86.7 Å². The number of hydrogen-bond acceptors (Lipinski definition) is 2. The predicted octanol–water partition coefficient (Wildman–Crippen LogP) is 1.64. The highest BCUT2D eigenvalue weighted by molar-refractivity contribution is 5.84. The molecule has 0 unspecified atom stereocenters. The molecule has 0 amide bonds. The van der Waals surface area contributed by atoms with Crippen LogP contribution >= 0.6 is 0 Å². The number of nitrogens with one attached hydrogen (secondary N) is 1. The second-order valence-corrected chi connectivity index (χ2v) is 3.49. The Morgan fingerprint density at radius 2 is 2.27 bits per heavy atom. The maximum Gasteiger partial charge on any atom is 0.305 e. The van der Waals surface area contributed by atoms with Crippen LogP contribution in [0.2, 0.25) is 0 Å². The summed E-state index contributed by atoms with van der Waals surface area (Å²) in [5.41, 5.74) is 7.68. The van der Waals surface area contributed by atoms with Gasteiger partial charge in [0.25, 0.3) is 0 Å². The zero-order valence-electron chi connectivity index (χ0n) is 8.10. The highest BCUT2D eigenvalue weighted by Gasteiger charge is 2.13. The molecular formula is C11H12N2O2. The van der Waals surface area contributed by atoms with Gasteiger partial charge in [0.05, 0.1) is 6.42 Å². The number of aromatic amines is 1. The zero-order chi connectivity index (χ0) is 10.8. The molecule has 0 radical (unpaired) electrons. The van der Waals surface area contributed by atoms with Gasteiger partial charge in [0.2, 0.25) is 0 Å². The molecule has 0 bridgehead atoms. The lowest BCUT2D eigenvalue weighted by Gasteiger charge is -2.10. The average Bonchev–Trinajstić information content (AvgIpc) is 2.63. The summed E-state index contributed by atoms with van der Waals surface area (Å²) in [6.07, 6.45) is 1.77. The van der Waals surface area contributed by atoms with Crippen LogP contribution in [0.4, 0.5) is 0 Å². The van der Waals surface area contributed by atoms with E-state index < -0.39 is 12.0 Å². The third-order valence-electron chi connectivity index (χ3n) is 2.42. The first kappa shape index (κ1) is 9.73. The molecule has 0 saturated heterocycles. The third-order valence-corrected chi connectivity index (χ3v) is 2.42. The number of aliphatic carboxylic acids is 1. The average molecular weight is 204 g/mol. The smallest absolute Gasteiger partial charge is 0.305 e. The molecule has 0 saturated carbocycles. The number of carboxylic acids is 1. The Morgan fingerprint density at radius 1 is 1.47 bits per heavy atom. The van der Waals surface area contributed by atoms with Crippen molar-refractivity contribution in [1.29, 1.82) is 0 Å². The van der Waals surface area contributed by atoms with E-state index in [0.717, 1.165) is 16.5 Å². The summed E-state index contributed by atoms with van der Waals surface area (Å²) >= 11 is 0. The molecule has 1 atom stereocenters. The number of aromatic nitrogens is 1. The SMILES string of the molecule is N[C@@H](CC(=O)O)c1cccc2[nH]ccc12. The molecule has 0 aliphatic rings. The highest BCUT2D eigenvalue weighted by Crippen LogP contribution is 2.23. The van der Waals surface area contributed by atoms with Crippen LogP contribution in [0.5, 0.6) is 0 Å². The Balaban J connectivity index is 2.42. The van der Waals surface area contributed by atoms with Crippen molar-refractivity contribution in [3.05, 3.63) is 36.0 Å². The van der Waals surface area contributed by atoms with Gasteiger partial charge < -0.3 is 15.8 Å². The summed E-state index contributed by atoms with van der Waals surface area (Å²) < 4.78 is 0. The molecule has 0 spiro atoms. The summed E-state index contributed by atoms with van der Waals surface area (Å²) in [5.74, 6) is -0.880.